The van der Waals surface area contributed by atoms with E-state index in [0.29, 0.717) is 23.9 Å². The summed E-state index contributed by atoms with van der Waals surface area (Å²) in [7, 11) is 0. The van der Waals surface area contributed by atoms with Crippen LogP contribution in [-0.2, 0) is 11.3 Å². The minimum atomic E-state index is -0.290. The molecule has 0 spiro atoms. The number of carbonyl (C=O) groups excluding carboxylic acids is 1. The topological polar surface area (TPSA) is 85.3 Å². The summed E-state index contributed by atoms with van der Waals surface area (Å²) < 4.78 is 6.99. The zero-order valence-electron chi connectivity index (χ0n) is 15.0. The Morgan fingerprint density at radius 1 is 1.26 bits per heavy atom. The van der Waals surface area contributed by atoms with Gasteiger partial charge in [0, 0.05) is 5.39 Å². The lowest BCUT2D eigenvalue weighted by Gasteiger charge is -2.14. The van der Waals surface area contributed by atoms with Gasteiger partial charge in [0.25, 0.3) is 0 Å². The minimum absolute atomic E-state index is 0.0566. The molecule has 0 saturated carbocycles. The van der Waals surface area contributed by atoms with E-state index >= 15 is 0 Å². The molecule has 1 amide bonds. The van der Waals surface area contributed by atoms with Crippen molar-refractivity contribution in [1.82, 2.24) is 24.9 Å². The molecule has 0 bridgehead atoms. The number of amides is 1. The summed E-state index contributed by atoms with van der Waals surface area (Å²) in [6.07, 6.45) is 2.26. The molecule has 1 aromatic carbocycles. The van der Waals surface area contributed by atoms with Crippen LogP contribution in [0.1, 0.15) is 24.9 Å². The van der Waals surface area contributed by atoms with Crippen LogP contribution in [0.4, 0.5) is 0 Å². The van der Waals surface area contributed by atoms with Crippen LogP contribution >= 0.6 is 11.8 Å². The molecule has 0 fully saturated rings. The fourth-order valence-electron chi connectivity index (χ4n) is 2.86. The molecule has 4 rings (SSSR count). The number of carbonyl (C=O) groups is 1. The second-order valence-electron chi connectivity index (χ2n) is 6.12. The van der Waals surface area contributed by atoms with E-state index in [1.165, 1.54) is 11.8 Å². The molecule has 1 atom stereocenters. The highest BCUT2D eigenvalue weighted by Gasteiger charge is 2.22. The predicted octanol–water partition coefficient (Wildman–Crippen LogP) is 3.37. The summed E-state index contributed by atoms with van der Waals surface area (Å²) in [5.74, 6) is 1.34. The molecule has 1 N–H and O–H groups in total. The summed E-state index contributed by atoms with van der Waals surface area (Å²) in [4.78, 5) is 21.9. The highest BCUT2D eigenvalue weighted by Crippen LogP contribution is 2.28. The number of aryl methyl sites for hydroxylation is 1. The number of nitrogens with zero attached hydrogens (tertiary/aromatic N) is 4. The van der Waals surface area contributed by atoms with Gasteiger partial charge in [-0.25, -0.2) is 9.97 Å². The first kappa shape index (κ1) is 17.5. The third kappa shape index (κ3) is 3.52. The third-order valence-corrected chi connectivity index (χ3v) is 5.49. The third-order valence-electron chi connectivity index (χ3n) is 4.18. The van der Waals surface area contributed by atoms with Crippen molar-refractivity contribution in [2.45, 2.75) is 37.2 Å². The summed E-state index contributed by atoms with van der Waals surface area (Å²) in [5.41, 5.74) is 1.59. The van der Waals surface area contributed by atoms with E-state index in [1.807, 2.05) is 44.2 Å². The number of hydrogen-bond acceptors (Lipinski definition) is 6. The van der Waals surface area contributed by atoms with Crippen LogP contribution in [0, 0.1) is 6.92 Å². The molecule has 138 valence electrons. The maximum atomic E-state index is 12.6. The lowest BCUT2D eigenvalue weighted by Crippen LogP contribution is -2.32. The number of furan rings is 1. The Kier molecular flexibility index (Phi) is 4.81. The predicted molar refractivity (Wildman–Crippen MR) is 104 cm³/mol. The number of thioether (sulfide) groups is 1. The first-order chi connectivity index (χ1) is 13.2. The summed E-state index contributed by atoms with van der Waals surface area (Å²) in [6.45, 7) is 4.20. The van der Waals surface area contributed by atoms with E-state index in [9.17, 15) is 4.79 Å². The molecule has 0 aliphatic heterocycles. The molecule has 0 aliphatic carbocycles. The summed E-state index contributed by atoms with van der Waals surface area (Å²) in [6, 6.07) is 11.5. The van der Waals surface area contributed by atoms with E-state index in [1.54, 1.807) is 16.8 Å². The van der Waals surface area contributed by atoms with Crippen LogP contribution in [0.3, 0.4) is 0 Å². The van der Waals surface area contributed by atoms with Crippen LogP contribution in [0.2, 0.25) is 0 Å². The van der Waals surface area contributed by atoms with Crippen molar-refractivity contribution in [2.24, 2.45) is 0 Å². The lowest BCUT2D eigenvalue weighted by atomic mass is 10.2. The van der Waals surface area contributed by atoms with Gasteiger partial charge in [0.15, 0.2) is 10.8 Å². The Hall–Kier alpha value is -2.87. The number of rotatable bonds is 6. The molecule has 4 aromatic rings. The monoisotopic (exact) mass is 381 g/mol. The number of benzene rings is 1. The van der Waals surface area contributed by atoms with Crippen LogP contribution < -0.4 is 5.32 Å². The van der Waals surface area contributed by atoms with Gasteiger partial charge in [0.05, 0.1) is 23.6 Å². The highest BCUT2D eigenvalue weighted by molar-refractivity contribution is 8.00. The average Bonchev–Trinajstić information content (AvgIpc) is 3.33. The van der Waals surface area contributed by atoms with Gasteiger partial charge in [-0.05, 0) is 37.6 Å². The maximum Gasteiger partial charge on any atom is 0.233 e. The SMILES string of the molecule is CC[C@@H](Sc1nc2ccccc2c2nc(C)nn12)C(=O)NCc1ccco1. The molecule has 0 unspecified atom stereocenters. The van der Waals surface area contributed by atoms with Crippen molar-refractivity contribution in [2.75, 3.05) is 0 Å². The van der Waals surface area contributed by atoms with Crippen LogP contribution in [0.15, 0.2) is 52.2 Å². The number of nitrogens with one attached hydrogen (secondary N) is 1. The summed E-state index contributed by atoms with van der Waals surface area (Å²) >= 11 is 1.40. The van der Waals surface area contributed by atoms with Gasteiger partial charge < -0.3 is 9.73 Å². The van der Waals surface area contributed by atoms with E-state index in [-0.39, 0.29) is 11.2 Å². The zero-order chi connectivity index (χ0) is 18.8. The largest absolute Gasteiger partial charge is 0.467 e. The number of para-hydroxylation sites is 1. The highest BCUT2D eigenvalue weighted by atomic mass is 32.2. The first-order valence-electron chi connectivity index (χ1n) is 8.74. The maximum absolute atomic E-state index is 12.6. The van der Waals surface area contributed by atoms with Crippen LogP contribution in [0.25, 0.3) is 16.6 Å². The van der Waals surface area contributed by atoms with Gasteiger partial charge in [0.1, 0.15) is 11.6 Å². The van der Waals surface area contributed by atoms with Crippen molar-refractivity contribution in [1.29, 1.82) is 0 Å². The Morgan fingerprint density at radius 2 is 2.11 bits per heavy atom. The standard InChI is InChI=1S/C19H19N5O2S/c1-3-16(18(25)20-11-13-7-6-10-26-13)27-19-22-15-9-5-4-8-14(15)17-21-12(2)23-24(17)19/h4-10,16H,3,11H2,1-2H3,(H,20,25)/t16-/m1/s1. The molecular weight excluding hydrogens is 362 g/mol. The molecule has 0 aliphatic rings. The fourth-order valence-corrected chi connectivity index (χ4v) is 3.85. The molecule has 7 nitrogen and oxygen atoms in total. The van der Waals surface area contributed by atoms with Crippen molar-refractivity contribution >= 4 is 34.2 Å². The minimum Gasteiger partial charge on any atom is -0.467 e. The van der Waals surface area contributed by atoms with Crippen LogP contribution in [-0.4, -0.2) is 30.7 Å². The van der Waals surface area contributed by atoms with Gasteiger partial charge in [-0.15, -0.1) is 5.10 Å². The van der Waals surface area contributed by atoms with Gasteiger partial charge in [-0.2, -0.15) is 4.52 Å². The Labute approximate surface area is 160 Å². The van der Waals surface area contributed by atoms with E-state index in [0.717, 1.165) is 22.3 Å². The molecule has 3 aromatic heterocycles. The second-order valence-corrected chi connectivity index (χ2v) is 7.29. The normalized spacial score (nSPS) is 12.5. The molecule has 27 heavy (non-hydrogen) atoms. The Morgan fingerprint density at radius 3 is 2.89 bits per heavy atom. The smallest absolute Gasteiger partial charge is 0.233 e. The van der Waals surface area contributed by atoms with E-state index in [2.05, 4.69) is 15.4 Å². The number of hydrogen-bond donors (Lipinski definition) is 1. The van der Waals surface area contributed by atoms with E-state index in [4.69, 9.17) is 9.40 Å². The van der Waals surface area contributed by atoms with Crippen molar-refractivity contribution in [3.63, 3.8) is 0 Å². The summed E-state index contributed by atoms with van der Waals surface area (Å²) in [5, 5.41) is 8.70. The molecule has 3 heterocycles. The Bertz CT molecular complexity index is 1090. The molecule has 8 heteroatoms. The molecule has 0 radical (unpaired) electrons. The Balaban J connectivity index is 1.63. The number of aromatic nitrogens is 4. The molecular formula is C19H19N5O2S. The molecule has 0 saturated heterocycles. The van der Waals surface area contributed by atoms with E-state index < -0.39 is 0 Å². The van der Waals surface area contributed by atoms with Gasteiger partial charge in [-0.1, -0.05) is 30.8 Å². The average molecular weight is 381 g/mol. The van der Waals surface area contributed by atoms with Gasteiger partial charge in [0.2, 0.25) is 5.91 Å². The van der Waals surface area contributed by atoms with Gasteiger partial charge >= 0.3 is 0 Å². The number of fused-ring (bicyclic) bond motifs is 3. The quantitative estimate of drug-likeness (QED) is 0.407. The van der Waals surface area contributed by atoms with Crippen molar-refractivity contribution < 1.29 is 9.21 Å². The van der Waals surface area contributed by atoms with Gasteiger partial charge in [-0.3, -0.25) is 4.79 Å². The van der Waals surface area contributed by atoms with Crippen LogP contribution in [0.5, 0.6) is 0 Å². The zero-order valence-corrected chi connectivity index (χ0v) is 15.9. The lowest BCUT2D eigenvalue weighted by molar-refractivity contribution is -0.120. The fraction of sp³-hybridized carbons (Fsp3) is 0.263. The van der Waals surface area contributed by atoms with Crippen molar-refractivity contribution in [3.05, 3.63) is 54.2 Å². The first-order valence-corrected chi connectivity index (χ1v) is 9.62. The van der Waals surface area contributed by atoms with Crippen molar-refractivity contribution in [3.8, 4) is 0 Å². The second kappa shape index (κ2) is 7.40.